The summed E-state index contributed by atoms with van der Waals surface area (Å²) >= 11 is 37.9. The molecule has 0 aliphatic rings. The van der Waals surface area contributed by atoms with Crippen molar-refractivity contribution < 1.29 is 19.1 Å². The fraction of sp³-hybridized carbons (Fsp3) is 1.00. The van der Waals surface area contributed by atoms with Gasteiger partial charge in [0.1, 0.15) is 6.10 Å². The van der Waals surface area contributed by atoms with Crippen LogP contribution < -0.4 is 0 Å². The third-order valence-electron chi connectivity index (χ3n) is 1.62. The molecule has 0 aromatic rings. The summed E-state index contributed by atoms with van der Waals surface area (Å²) in [5, 5.41) is 9.40. The van der Waals surface area contributed by atoms with Crippen LogP contribution in [0.4, 0.5) is 0 Å². The van der Waals surface area contributed by atoms with Crippen molar-refractivity contribution in [2.24, 2.45) is 0 Å². The maximum absolute atomic E-state index is 11.7. The van der Waals surface area contributed by atoms with Crippen LogP contribution in [0.3, 0.4) is 0 Å². The van der Waals surface area contributed by atoms with Gasteiger partial charge in [-0.2, -0.15) is 0 Å². The van der Waals surface area contributed by atoms with Gasteiger partial charge in [-0.05, 0) is 6.42 Å². The fourth-order valence-corrected chi connectivity index (χ4v) is 3.87. The molecule has 0 aliphatic heterocycles. The van der Waals surface area contributed by atoms with E-state index in [0.29, 0.717) is 0 Å². The van der Waals surface area contributed by atoms with Crippen LogP contribution in [-0.4, -0.2) is 35.4 Å². The highest BCUT2D eigenvalue weighted by Gasteiger charge is 2.49. The molecule has 2 N–H and O–H groups in total. The standard InChI is InChI=1S/C6H8Cl7O4P/c7-2-1-3(5(8,9)10)17-18(15,16)4(14)6(11,12)13/h3-4,14H,1-2H2,(H,15,16). The zero-order valence-electron chi connectivity index (χ0n) is 8.37. The summed E-state index contributed by atoms with van der Waals surface area (Å²) < 4.78 is 11.9. The summed E-state index contributed by atoms with van der Waals surface area (Å²) in [6.45, 7) is 0. The predicted octanol–water partition coefficient (Wildman–Crippen LogP) is 4.24. The highest BCUT2D eigenvalue weighted by atomic mass is 35.6. The minimum absolute atomic E-state index is 0.0115. The van der Waals surface area contributed by atoms with Crippen LogP contribution in [0.5, 0.6) is 0 Å². The molecule has 0 bridgehead atoms. The van der Waals surface area contributed by atoms with Crippen LogP contribution in [0.25, 0.3) is 0 Å². The van der Waals surface area contributed by atoms with E-state index >= 15 is 0 Å². The quantitative estimate of drug-likeness (QED) is 0.513. The average Bonchev–Trinajstić information content (AvgIpc) is 2.12. The Hall–Kier alpha value is 2.14. The number of alkyl halides is 7. The summed E-state index contributed by atoms with van der Waals surface area (Å²) in [6.07, 6.45) is -1.41. The molecule has 4 nitrogen and oxygen atoms in total. The zero-order valence-corrected chi connectivity index (χ0v) is 14.6. The second-order valence-electron chi connectivity index (χ2n) is 3.09. The topological polar surface area (TPSA) is 66.8 Å². The Morgan fingerprint density at radius 3 is 1.83 bits per heavy atom. The molecular weight excluding hydrogens is 415 g/mol. The molecule has 0 spiro atoms. The maximum atomic E-state index is 11.7. The molecular formula is C6H8Cl7O4P. The normalized spacial score (nSPS) is 20.3. The molecule has 0 aromatic heterocycles. The van der Waals surface area contributed by atoms with Crippen LogP contribution >= 0.6 is 88.8 Å². The number of hydrogen-bond donors (Lipinski definition) is 2. The third kappa shape index (κ3) is 6.73. The van der Waals surface area contributed by atoms with Crippen LogP contribution in [-0.2, 0) is 9.09 Å². The first-order chi connectivity index (χ1) is 7.82. The number of halogens is 7. The molecule has 0 saturated carbocycles. The molecule has 0 amide bonds. The lowest BCUT2D eigenvalue weighted by Gasteiger charge is -2.30. The van der Waals surface area contributed by atoms with E-state index in [-0.39, 0.29) is 12.3 Å². The Morgan fingerprint density at radius 1 is 1.11 bits per heavy atom. The Labute approximate surface area is 139 Å². The molecule has 0 radical (unpaired) electrons. The second kappa shape index (κ2) is 7.42. The van der Waals surface area contributed by atoms with Crippen LogP contribution in [0.2, 0.25) is 0 Å². The van der Waals surface area contributed by atoms with Gasteiger partial charge in [-0.1, -0.05) is 69.6 Å². The largest absolute Gasteiger partial charge is 0.377 e. The summed E-state index contributed by atoms with van der Waals surface area (Å²) in [6, 6.07) is 0. The van der Waals surface area contributed by atoms with Gasteiger partial charge in [0.05, 0.1) is 0 Å². The van der Waals surface area contributed by atoms with Gasteiger partial charge in [0, 0.05) is 5.88 Å². The third-order valence-corrected chi connectivity index (χ3v) is 5.20. The molecule has 0 aliphatic carbocycles. The van der Waals surface area contributed by atoms with Gasteiger partial charge in [-0.15, -0.1) is 11.6 Å². The van der Waals surface area contributed by atoms with Gasteiger partial charge >= 0.3 is 7.60 Å². The van der Waals surface area contributed by atoms with Crippen LogP contribution in [0.15, 0.2) is 0 Å². The van der Waals surface area contributed by atoms with E-state index in [1.165, 1.54) is 0 Å². The molecule has 0 heterocycles. The average molecular weight is 423 g/mol. The Balaban J connectivity index is 4.98. The summed E-state index contributed by atoms with van der Waals surface area (Å²) in [7, 11) is -4.74. The highest BCUT2D eigenvalue weighted by Crippen LogP contribution is 2.57. The first-order valence-electron chi connectivity index (χ1n) is 4.20. The molecule has 0 saturated heterocycles. The van der Waals surface area contributed by atoms with Crippen molar-refractivity contribution in [3.63, 3.8) is 0 Å². The first-order valence-corrected chi connectivity index (χ1v) is 8.65. The Morgan fingerprint density at radius 2 is 1.56 bits per heavy atom. The lowest BCUT2D eigenvalue weighted by Crippen LogP contribution is -2.33. The van der Waals surface area contributed by atoms with Crippen LogP contribution in [0.1, 0.15) is 6.42 Å². The van der Waals surface area contributed by atoms with Crippen molar-refractivity contribution in [3.05, 3.63) is 0 Å². The van der Waals surface area contributed by atoms with Crippen LogP contribution in [0, 0.1) is 0 Å². The van der Waals surface area contributed by atoms with Crippen molar-refractivity contribution in [1.82, 2.24) is 0 Å². The molecule has 18 heavy (non-hydrogen) atoms. The van der Waals surface area contributed by atoms with E-state index in [1.54, 1.807) is 0 Å². The van der Waals surface area contributed by atoms with Crippen molar-refractivity contribution >= 4 is 88.8 Å². The van der Waals surface area contributed by atoms with Crippen molar-refractivity contribution in [2.75, 3.05) is 5.88 Å². The zero-order chi connectivity index (χ0) is 14.8. The Kier molecular flexibility index (Phi) is 8.30. The molecule has 0 aromatic carbocycles. The minimum Gasteiger partial charge on any atom is -0.377 e. The molecule has 0 fully saturated rings. The number of hydrogen-bond acceptors (Lipinski definition) is 3. The Bertz CT molecular complexity index is 314. The summed E-state index contributed by atoms with van der Waals surface area (Å²) in [5.74, 6) is -2.30. The van der Waals surface area contributed by atoms with Gasteiger partial charge in [0.15, 0.2) is 0 Å². The van der Waals surface area contributed by atoms with Crippen molar-refractivity contribution in [1.29, 1.82) is 0 Å². The first kappa shape index (κ1) is 20.1. The van der Waals surface area contributed by atoms with E-state index in [9.17, 15) is 14.6 Å². The van der Waals surface area contributed by atoms with Gasteiger partial charge < -0.3 is 10.00 Å². The number of aliphatic hydroxyl groups is 1. The molecule has 3 unspecified atom stereocenters. The molecule has 3 atom stereocenters. The van der Waals surface area contributed by atoms with Crippen molar-refractivity contribution in [3.8, 4) is 0 Å². The van der Waals surface area contributed by atoms with Gasteiger partial charge in [-0.3, -0.25) is 9.09 Å². The smallest absolute Gasteiger partial charge is 0.361 e. The van der Waals surface area contributed by atoms with E-state index in [2.05, 4.69) is 4.52 Å². The van der Waals surface area contributed by atoms with Gasteiger partial charge in [-0.25, -0.2) is 0 Å². The monoisotopic (exact) mass is 420 g/mol. The SMILES string of the molecule is O=P(O)(OC(CCCl)C(Cl)(Cl)Cl)C(O)C(Cl)(Cl)Cl. The number of aliphatic hydroxyl groups excluding tert-OH is 1. The molecule has 12 heteroatoms. The lowest BCUT2D eigenvalue weighted by atomic mass is 10.3. The van der Waals surface area contributed by atoms with E-state index < -0.39 is 27.1 Å². The number of rotatable bonds is 5. The molecule has 0 rings (SSSR count). The van der Waals surface area contributed by atoms with E-state index in [1.807, 2.05) is 0 Å². The highest BCUT2D eigenvalue weighted by molar-refractivity contribution is 7.54. The summed E-state index contributed by atoms with van der Waals surface area (Å²) in [5.41, 5.74) is 0. The second-order valence-corrected chi connectivity index (χ2v) is 10.0. The minimum atomic E-state index is -4.74. The fourth-order valence-electron chi connectivity index (χ4n) is 0.800. The van der Waals surface area contributed by atoms with E-state index in [0.717, 1.165) is 0 Å². The summed E-state index contributed by atoms with van der Waals surface area (Å²) in [4.78, 5) is 9.49. The lowest BCUT2D eigenvalue weighted by molar-refractivity contribution is 0.130. The van der Waals surface area contributed by atoms with Gasteiger partial charge in [0.25, 0.3) is 0 Å². The van der Waals surface area contributed by atoms with E-state index in [4.69, 9.17) is 81.2 Å². The molecule has 110 valence electrons. The predicted molar refractivity (Wildman–Crippen MR) is 76.6 cm³/mol. The van der Waals surface area contributed by atoms with Crippen molar-refractivity contribution in [2.45, 2.75) is 26.0 Å². The van der Waals surface area contributed by atoms with Gasteiger partial charge in [0.2, 0.25) is 13.4 Å². The maximum Gasteiger partial charge on any atom is 0.361 e.